The highest BCUT2D eigenvalue weighted by Gasteiger charge is 2.22. The van der Waals surface area contributed by atoms with E-state index in [4.69, 9.17) is 16.3 Å². The first-order valence-corrected chi connectivity index (χ1v) is 4.94. The van der Waals surface area contributed by atoms with Gasteiger partial charge in [0.2, 0.25) is 0 Å². The van der Waals surface area contributed by atoms with E-state index >= 15 is 0 Å². The number of esters is 1. The molecule has 1 aromatic rings. The second kappa shape index (κ2) is 3.95. The molecule has 2 rings (SSSR count). The molecule has 1 aromatic carbocycles. The van der Waals surface area contributed by atoms with Gasteiger partial charge in [-0.1, -0.05) is 29.3 Å². The minimum absolute atomic E-state index is 0.135. The lowest BCUT2D eigenvalue weighted by Gasteiger charge is -2.05. The summed E-state index contributed by atoms with van der Waals surface area (Å²) in [5.74, 6) is -0.466. The first-order valence-electron chi connectivity index (χ1n) is 4.56. The summed E-state index contributed by atoms with van der Waals surface area (Å²) < 4.78 is 4.77. The van der Waals surface area contributed by atoms with E-state index in [0.717, 1.165) is 5.69 Å². The molecule has 4 heteroatoms. The average molecular weight is 224 g/mol. The number of carbonyl (C=O) groups excluding carboxylic acids is 1. The topological polar surface area (TPSA) is 38.3 Å². The summed E-state index contributed by atoms with van der Waals surface area (Å²) in [6, 6.07) is 7.81. The molecule has 15 heavy (non-hydrogen) atoms. The van der Waals surface area contributed by atoms with E-state index < -0.39 is 5.97 Å². The fraction of sp³-hybridized carbons (Fsp3) is 0.182. The summed E-state index contributed by atoms with van der Waals surface area (Å²) in [6.07, 6.45) is 0. The number of rotatable bonds is 2. The Hall–Kier alpha value is -1.48. The Bertz CT molecular complexity index is 423. The van der Waals surface area contributed by atoms with E-state index in [-0.39, 0.29) is 11.6 Å². The maximum atomic E-state index is 11.0. The lowest BCUT2D eigenvalue weighted by Crippen LogP contribution is -2.01. The number of hydrogen-bond acceptors (Lipinski definition) is 3. The third-order valence-corrected chi connectivity index (χ3v) is 2.52. The van der Waals surface area contributed by atoms with Crippen molar-refractivity contribution in [3.05, 3.63) is 40.6 Å². The van der Waals surface area contributed by atoms with Gasteiger partial charge in [0, 0.05) is 5.69 Å². The van der Waals surface area contributed by atoms with Crippen LogP contribution in [0, 0.1) is 6.92 Å². The van der Waals surface area contributed by atoms with Crippen LogP contribution < -0.4 is 5.32 Å². The first kappa shape index (κ1) is 10.1. The lowest BCUT2D eigenvalue weighted by atomic mass is 10.2. The van der Waals surface area contributed by atoms with Gasteiger partial charge in [0.15, 0.2) is 0 Å². The maximum absolute atomic E-state index is 11.0. The number of aryl methyl sites for hydroxylation is 1. The molecule has 0 aliphatic carbocycles. The fourth-order valence-electron chi connectivity index (χ4n) is 1.29. The Morgan fingerprint density at radius 1 is 1.33 bits per heavy atom. The lowest BCUT2D eigenvalue weighted by molar-refractivity contribution is -0.135. The van der Waals surface area contributed by atoms with Gasteiger partial charge in [-0.2, -0.15) is 0 Å². The van der Waals surface area contributed by atoms with Gasteiger partial charge < -0.3 is 10.1 Å². The Balaban J connectivity index is 2.16. The van der Waals surface area contributed by atoms with Crippen LogP contribution in [0.3, 0.4) is 0 Å². The zero-order valence-corrected chi connectivity index (χ0v) is 8.97. The number of anilines is 1. The molecule has 3 nitrogen and oxygen atoms in total. The Kier molecular flexibility index (Phi) is 2.64. The quantitative estimate of drug-likeness (QED) is 0.783. The molecule has 1 N–H and O–H groups in total. The van der Waals surface area contributed by atoms with Gasteiger partial charge in [0.1, 0.15) is 11.6 Å². The van der Waals surface area contributed by atoms with Crippen molar-refractivity contribution in [2.24, 2.45) is 0 Å². The van der Waals surface area contributed by atoms with Crippen LogP contribution in [0.15, 0.2) is 35.0 Å². The molecule has 0 fully saturated rings. The number of carbonyl (C=O) groups is 1. The number of benzene rings is 1. The Morgan fingerprint density at radius 3 is 2.53 bits per heavy atom. The van der Waals surface area contributed by atoms with Crippen molar-refractivity contribution in [1.29, 1.82) is 0 Å². The molecular formula is C11H10ClNO2. The maximum Gasteiger partial charge on any atom is 0.352 e. The molecule has 1 heterocycles. The Labute approximate surface area is 92.7 Å². The summed E-state index contributed by atoms with van der Waals surface area (Å²) >= 11 is 5.75. The van der Waals surface area contributed by atoms with E-state index in [0.29, 0.717) is 5.70 Å². The van der Waals surface area contributed by atoms with Crippen LogP contribution in [0.2, 0.25) is 0 Å². The smallest absolute Gasteiger partial charge is 0.352 e. The molecule has 0 unspecified atom stereocenters. The van der Waals surface area contributed by atoms with Crippen LogP contribution in [0.4, 0.5) is 5.69 Å². The number of nitrogens with one attached hydrogen (secondary N) is 1. The first-order chi connectivity index (χ1) is 7.16. The molecule has 0 aromatic heterocycles. The van der Waals surface area contributed by atoms with Crippen LogP contribution in [-0.2, 0) is 9.53 Å². The molecular weight excluding hydrogens is 214 g/mol. The third-order valence-electron chi connectivity index (χ3n) is 2.14. The van der Waals surface area contributed by atoms with Crippen molar-refractivity contribution in [3.63, 3.8) is 0 Å². The van der Waals surface area contributed by atoms with Gasteiger partial charge >= 0.3 is 5.97 Å². The van der Waals surface area contributed by atoms with Crippen LogP contribution in [0.1, 0.15) is 5.56 Å². The fourth-order valence-corrected chi connectivity index (χ4v) is 1.45. The molecule has 0 amide bonds. The number of cyclic esters (lactones) is 1. The van der Waals surface area contributed by atoms with Crippen LogP contribution >= 0.6 is 11.6 Å². The monoisotopic (exact) mass is 223 g/mol. The molecule has 0 saturated heterocycles. The SMILES string of the molecule is Cc1ccc(NC2=C(Cl)C(=O)OC2)cc1. The minimum atomic E-state index is -0.466. The second-order valence-corrected chi connectivity index (χ2v) is 3.74. The zero-order valence-electron chi connectivity index (χ0n) is 8.21. The van der Waals surface area contributed by atoms with Gasteiger partial charge in [0.05, 0.1) is 5.70 Å². The molecule has 0 radical (unpaired) electrons. The molecule has 1 aliphatic heterocycles. The summed E-state index contributed by atoms with van der Waals surface area (Å²) in [5, 5.41) is 3.18. The van der Waals surface area contributed by atoms with Crippen LogP contribution in [-0.4, -0.2) is 12.6 Å². The van der Waals surface area contributed by atoms with E-state index in [2.05, 4.69) is 5.32 Å². The van der Waals surface area contributed by atoms with Crippen molar-refractivity contribution in [3.8, 4) is 0 Å². The van der Waals surface area contributed by atoms with Gasteiger partial charge in [-0.25, -0.2) is 4.79 Å². The number of ether oxygens (including phenoxy) is 1. The standard InChI is InChI=1S/C11H10ClNO2/c1-7-2-4-8(5-3-7)13-9-6-15-11(14)10(9)12/h2-5,13H,6H2,1H3. The van der Waals surface area contributed by atoms with E-state index in [1.54, 1.807) is 0 Å². The highest BCUT2D eigenvalue weighted by Crippen LogP contribution is 2.21. The normalized spacial score (nSPS) is 15.5. The second-order valence-electron chi connectivity index (χ2n) is 3.36. The Morgan fingerprint density at radius 2 is 2.00 bits per heavy atom. The third kappa shape index (κ3) is 2.13. The predicted molar refractivity (Wildman–Crippen MR) is 58.6 cm³/mol. The van der Waals surface area contributed by atoms with Gasteiger partial charge in [0.25, 0.3) is 0 Å². The van der Waals surface area contributed by atoms with E-state index in [1.807, 2.05) is 31.2 Å². The zero-order chi connectivity index (χ0) is 10.8. The van der Waals surface area contributed by atoms with E-state index in [9.17, 15) is 4.79 Å². The van der Waals surface area contributed by atoms with E-state index in [1.165, 1.54) is 5.56 Å². The summed E-state index contributed by atoms with van der Waals surface area (Å²) in [7, 11) is 0. The van der Waals surface area contributed by atoms with Crippen molar-refractivity contribution in [1.82, 2.24) is 0 Å². The van der Waals surface area contributed by atoms with Crippen LogP contribution in [0.25, 0.3) is 0 Å². The molecule has 0 saturated carbocycles. The highest BCUT2D eigenvalue weighted by atomic mass is 35.5. The van der Waals surface area contributed by atoms with Crippen molar-refractivity contribution < 1.29 is 9.53 Å². The summed E-state index contributed by atoms with van der Waals surface area (Å²) in [6.45, 7) is 2.23. The molecule has 0 spiro atoms. The summed E-state index contributed by atoms with van der Waals surface area (Å²) in [5.41, 5.74) is 2.69. The molecule has 0 bridgehead atoms. The largest absolute Gasteiger partial charge is 0.455 e. The van der Waals surface area contributed by atoms with Gasteiger partial charge in [-0.3, -0.25) is 0 Å². The van der Waals surface area contributed by atoms with Crippen molar-refractivity contribution >= 4 is 23.3 Å². The molecule has 1 aliphatic rings. The number of halogens is 1. The summed E-state index contributed by atoms with van der Waals surface area (Å²) in [4.78, 5) is 11.0. The molecule has 0 atom stereocenters. The van der Waals surface area contributed by atoms with Gasteiger partial charge in [-0.15, -0.1) is 0 Å². The minimum Gasteiger partial charge on any atom is -0.455 e. The highest BCUT2D eigenvalue weighted by molar-refractivity contribution is 6.42. The van der Waals surface area contributed by atoms with Crippen molar-refractivity contribution in [2.75, 3.05) is 11.9 Å². The van der Waals surface area contributed by atoms with Crippen molar-refractivity contribution in [2.45, 2.75) is 6.92 Å². The predicted octanol–water partition coefficient (Wildman–Crippen LogP) is 2.41. The average Bonchev–Trinajstić information content (AvgIpc) is 2.53. The van der Waals surface area contributed by atoms with Crippen LogP contribution in [0.5, 0.6) is 0 Å². The molecule has 78 valence electrons. The number of hydrogen-bond donors (Lipinski definition) is 1. The van der Waals surface area contributed by atoms with Gasteiger partial charge in [-0.05, 0) is 19.1 Å².